The van der Waals surface area contributed by atoms with Gasteiger partial charge in [-0.3, -0.25) is 0 Å². The fourth-order valence-corrected chi connectivity index (χ4v) is 1.52. The van der Waals surface area contributed by atoms with E-state index in [1.807, 2.05) is 0 Å². The highest BCUT2D eigenvalue weighted by molar-refractivity contribution is 6.17. The monoisotopic (exact) mass is 207 g/mol. The minimum atomic E-state index is 0.597. The van der Waals surface area contributed by atoms with E-state index in [1.54, 1.807) is 7.11 Å². The van der Waals surface area contributed by atoms with Crippen molar-refractivity contribution in [1.29, 1.82) is 0 Å². The molecule has 0 aliphatic carbocycles. The molecule has 0 aliphatic rings. The SMILES string of the molecule is CCC(CCCl)NCCCCOC. The van der Waals surface area contributed by atoms with Gasteiger partial charge in [-0.2, -0.15) is 0 Å². The number of halogens is 1. The van der Waals surface area contributed by atoms with Crippen LogP contribution < -0.4 is 5.32 Å². The van der Waals surface area contributed by atoms with E-state index in [0.717, 1.165) is 38.3 Å². The molecule has 0 saturated heterocycles. The topological polar surface area (TPSA) is 21.3 Å². The number of nitrogens with one attached hydrogen (secondary N) is 1. The number of rotatable bonds is 9. The summed E-state index contributed by atoms with van der Waals surface area (Å²) in [5.74, 6) is 0.754. The Labute approximate surface area is 87.0 Å². The van der Waals surface area contributed by atoms with E-state index in [2.05, 4.69) is 12.2 Å². The first-order valence-electron chi connectivity index (χ1n) is 5.13. The second-order valence-corrected chi connectivity index (χ2v) is 3.61. The number of unbranched alkanes of at least 4 members (excludes halogenated alkanes) is 1. The highest BCUT2D eigenvalue weighted by Gasteiger charge is 2.02. The molecular formula is C10H22ClNO. The maximum atomic E-state index is 5.68. The molecule has 0 heterocycles. The van der Waals surface area contributed by atoms with Crippen LogP contribution in [0, 0.1) is 0 Å². The van der Waals surface area contributed by atoms with Crippen LogP contribution in [0.15, 0.2) is 0 Å². The summed E-state index contributed by atoms with van der Waals surface area (Å²) in [6.45, 7) is 4.14. The highest BCUT2D eigenvalue weighted by Crippen LogP contribution is 1.99. The lowest BCUT2D eigenvalue weighted by molar-refractivity contribution is 0.192. The predicted molar refractivity (Wildman–Crippen MR) is 58.5 cm³/mol. The number of hydrogen-bond acceptors (Lipinski definition) is 2. The second kappa shape index (κ2) is 10.3. The number of alkyl halides is 1. The maximum Gasteiger partial charge on any atom is 0.0462 e. The predicted octanol–water partition coefficient (Wildman–Crippen LogP) is 2.41. The Bertz CT molecular complexity index is 101. The lowest BCUT2D eigenvalue weighted by atomic mass is 10.1. The van der Waals surface area contributed by atoms with Gasteiger partial charge in [-0.25, -0.2) is 0 Å². The zero-order valence-corrected chi connectivity index (χ0v) is 9.57. The van der Waals surface area contributed by atoms with Gasteiger partial charge in [0, 0.05) is 25.6 Å². The molecule has 0 bridgehead atoms. The van der Waals surface area contributed by atoms with E-state index in [9.17, 15) is 0 Å². The van der Waals surface area contributed by atoms with Crippen molar-refractivity contribution in [2.24, 2.45) is 0 Å². The third-order valence-electron chi connectivity index (χ3n) is 2.16. The minimum Gasteiger partial charge on any atom is -0.385 e. The zero-order valence-electron chi connectivity index (χ0n) is 8.81. The largest absolute Gasteiger partial charge is 0.385 e. The van der Waals surface area contributed by atoms with Crippen molar-refractivity contribution in [2.75, 3.05) is 26.1 Å². The van der Waals surface area contributed by atoms with Crippen LogP contribution in [0.4, 0.5) is 0 Å². The molecular weight excluding hydrogens is 186 g/mol. The van der Waals surface area contributed by atoms with Crippen molar-refractivity contribution >= 4 is 11.6 Å². The minimum absolute atomic E-state index is 0.597. The molecule has 1 N–H and O–H groups in total. The lowest BCUT2D eigenvalue weighted by Gasteiger charge is -2.15. The van der Waals surface area contributed by atoms with Crippen LogP contribution in [-0.2, 0) is 4.74 Å². The fraction of sp³-hybridized carbons (Fsp3) is 1.00. The quantitative estimate of drug-likeness (QED) is 0.463. The maximum absolute atomic E-state index is 5.68. The van der Waals surface area contributed by atoms with E-state index in [1.165, 1.54) is 6.42 Å². The first kappa shape index (κ1) is 13.2. The van der Waals surface area contributed by atoms with E-state index >= 15 is 0 Å². The summed E-state index contributed by atoms with van der Waals surface area (Å²) in [6, 6.07) is 0.597. The van der Waals surface area contributed by atoms with E-state index in [-0.39, 0.29) is 0 Å². The van der Waals surface area contributed by atoms with Gasteiger partial charge < -0.3 is 10.1 Å². The van der Waals surface area contributed by atoms with Gasteiger partial charge >= 0.3 is 0 Å². The third-order valence-corrected chi connectivity index (χ3v) is 2.38. The normalized spacial score (nSPS) is 13.2. The van der Waals surface area contributed by atoms with Gasteiger partial charge in [0.2, 0.25) is 0 Å². The Morgan fingerprint density at radius 1 is 1.38 bits per heavy atom. The molecule has 0 aromatic heterocycles. The molecule has 0 radical (unpaired) electrons. The highest BCUT2D eigenvalue weighted by atomic mass is 35.5. The van der Waals surface area contributed by atoms with Crippen LogP contribution in [0.3, 0.4) is 0 Å². The van der Waals surface area contributed by atoms with E-state index in [4.69, 9.17) is 16.3 Å². The van der Waals surface area contributed by atoms with Crippen molar-refractivity contribution in [3.8, 4) is 0 Å². The molecule has 0 aromatic carbocycles. The number of hydrogen-bond donors (Lipinski definition) is 1. The summed E-state index contributed by atoms with van der Waals surface area (Å²) in [7, 11) is 1.75. The van der Waals surface area contributed by atoms with E-state index in [0.29, 0.717) is 6.04 Å². The molecule has 13 heavy (non-hydrogen) atoms. The molecule has 0 rings (SSSR count). The van der Waals surface area contributed by atoms with Crippen LogP contribution in [0.2, 0.25) is 0 Å². The van der Waals surface area contributed by atoms with Crippen LogP contribution in [0.5, 0.6) is 0 Å². The third kappa shape index (κ3) is 8.54. The fourth-order valence-electron chi connectivity index (χ4n) is 1.26. The first-order chi connectivity index (χ1) is 6.35. The molecule has 0 aromatic rings. The Hall–Kier alpha value is 0.210. The molecule has 0 amide bonds. The average Bonchev–Trinajstić information content (AvgIpc) is 2.16. The Kier molecular flexibility index (Phi) is 10.5. The van der Waals surface area contributed by atoms with Gasteiger partial charge in [0.05, 0.1) is 0 Å². The number of methoxy groups -OCH3 is 1. The summed E-state index contributed by atoms with van der Waals surface area (Å²) in [5.41, 5.74) is 0. The molecule has 1 atom stereocenters. The van der Waals surface area contributed by atoms with Gasteiger partial charge in [0.15, 0.2) is 0 Å². The Morgan fingerprint density at radius 2 is 2.15 bits per heavy atom. The Balaban J connectivity index is 3.17. The summed E-state index contributed by atoms with van der Waals surface area (Å²) in [6.07, 6.45) is 4.56. The van der Waals surface area contributed by atoms with Gasteiger partial charge in [-0.05, 0) is 32.2 Å². The molecule has 80 valence electrons. The lowest BCUT2D eigenvalue weighted by Crippen LogP contribution is -2.29. The van der Waals surface area contributed by atoms with Crippen molar-refractivity contribution < 1.29 is 4.74 Å². The van der Waals surface area contributed by atoms with Gasteiger partial charge in [0.25, 0.3) is 0 Å². The molecule has 0 saturated carbocycles. The van der Waals surface area contributed by atoms with Crippen LogP contribution in [0.1, 0.15) is 32.6 Å². The van der Waals surface area contributed by atoms with Crippen molar-refractivity contribution in [1.82, 2.24) is 5.32 Å². The van der Waals surface area contributed by atoms with Gasteiger partial charge in [-0.15, -0.1) is 11.6 Å². The summed E-state index contributed by atoms with van der Waals surface area (Å²) >= 11 is 5.68. The molecule has 3 heteroatoms. The van der Waals surface area contributed by atoms with Crippen LogP contribution >= 0.6 is 11.6 Å². The average molecular weight is 208 g/mol. The summed E-state index contributed by atoms with van der Waals surface area (Å²) < 4.78 is 4.97. The van der Waals surface area contributed by atoms with Crippen molar-refractivity contribution in [3.05, 3.63) is 0 Å². The Morgan fingerprint density at radius 3 is 2.69 bits per heavy atom. The van der Waals surface area contributed by atoms with Crippen molar-refractivity contribution in [2.45, 2.75) is 38.6 Å². The van der Waals surface area contributed by atoms with Crippen LogP contribution in [0.25, 0.3) is 0 Å². The summed E-state index contributed by atoms with van der Waals surface area (Å²) in [5, 5.41) is 3.49. The number of ether oxygens (including phenoxy) is 1. The molecule has 2 nitrogen and oxygen atoms in total. The zero-order chi connectivity index (χ0) is 9.94. The smallest absolute Gasteiger partial charge is 0.0462 e. The first-order valence-corrected chi connectivity index (χ1v) is 5.66. The van der Waals surface area contributed by atoms with E-state index < -0.39 is 0 Å². The molecule has 1 unspecified atom stereocenters. The molecule has 0 aliphatic heterocycles. The van der Waals surface area contributed by atoms with Crippen molar-refractivity contribution in [3.63, 3.8) is 0 Å². The van der Waals surface area contributed by atoms with Gasteiger partial charge in [-0.1, -0.05) is 6.92 Å². The summed E-state index contributed by atoms with van der Waals surface area (Å²) in [4.78, 5) is 0. The second-order valence-electron chi connectivity index (χ2n) is 3.24. The van der Waals surface area contributed by atoms with Gasteiger partial charge in [0.1, 0.15) is 0 Å². The standard InChI is InChI=1S/C10H22ClNO/c1-3-10(6-7-11)12-8-4-5-9-13-2/h10,12H,3-9H2,1-2H3. The van der Waals surface area contributed by atoms with Crippen LogP contribution in [-0.4, -0.2) is 32.2 Å². The molecule has 0 fully saturated rings. The molecule has 0 spiro atoms.